The number of carbonyl (C=O) groups is 4. The van der Waals surface area contributed by atoms with Gasteiger partial charge in [-0.05, 0) is 17.7 Å². The number of amides is 5. The van der Waals surface area contributed by atoms with Gasteiger partial charge >= 0.3 is 6.03 Å². The summed E-state index contributed by atoms with van der Waals surface area (Å²) in [5, 5.41) is 4.90. The molecule has 1 unspecified atom stereocenters. The summed E-state index contributed by atoms with van der Waals surface area (Å²) < 4.78 is 0. The van der Waals surface area contributed by atoms with Gasteiger partial charge in [0, 0.05) is 13.0 Å². The Balaban J connectivity index is 1.63. The van der Waals surface area contributed by atoms with E-state index in [4.69, 9.17) is 0 Å². The van der Waals surface area contributed by atoms with Gasteiger partial charge in [0.2, 0.25) is 0 Å². The van der Waals surface area contributed by atoms with Crippen LogP contribution in [0.3, 0.4) is 0 Å². The molecule has 1 saturated heterocycles. The maximum atomic E-state index is 12.5. The van der Waals surface area contributed by atoms with E-state index >= 15 is 0 Å². The third kappa shape index (κ3) is 2.28. The van der Waals surface area contributed by atoms with E-state index < -0.39 is 29.3 Å². The number of carbonyl (C=O) groups excluding carboxylic acids is 4. The third-order valence-corrected chi connectivity index (χ3v) is 4.80. The van der Waals surface area contributed by atoms with Crippen molar-refractivity contribution in [3.05, 3.63) is 71.3 Å². The van der Waals surface area contributed by atoms with Crippen LogP contribution in [-0.2, 0) is 10.3 Å². The van der Waals surface area contributed by atoms with Crippen LogP contribution in [0, 0.1) is 0 Å². The van der Waals surface area contributed by atoms with Crippen molar-refractivity contribution in [3.8, 4) is 0 Å². The molecular formula is C19H15N3O4. The lowest BCUT2D eigenvalue weighted by molar-refractivity contribution is -0.124. The summed E-state index contributed by atoms with van der Waals surface area (Å²) in [6.45, 7) is 0.00887. The van der Waals surface area contributed by atoms with Crippen LogP contribution < -0.4 is 10.6 Å². The average Bonchev–Trinajstić information content (AvgIpc) is 3.08. The molecule has 2 aromatic rings. The van der Waals surface area contributed by atoms with Gasteiger partial charge in [-0.2, -0.15) is 0 Å². The molecular weight excluding hydrogens is 334 g/mol. The molecule has 2 heterocycles. The highest BCUT2D eigenvalue weighted by Gasteiger charge is 2.48. The van der Waals surface area contributed by atoms with E-state index in [0.717, 1.165) is 4.90 Å². The summed E-state index contributed by atoms with van der Waals surface area (Å²) in [6.07, 6.45) is 0.0834. The van der Waals surface area contributed by atoms with Crippen LogP contribution in [-0.4, -0.2) is 35.2 Å². The Bertz CT molecular complexity index is 906. The van der Waals surface area contributed by atoms with Crippen molar-refractivity contribution < 1.29 is 19.2 Å². The first kappa shape index (κ1) is 16.0. The highest BCUT2D eigenvalue weighted by molar-refractivity contribution is 6.21. The Labute approximate surface area is 149 Å². The zero-order valence-corrected chi connectivity index (χ0v) is 13.7. The summed E-state index contributed by atoms with van der Waals surface area (Å²) in [5.74, 6) is -1.28. The minimum absolute atomic E-state index is 0.00887. The zero-order chi connectivity index (χ0) is 18.3. The Morgan fingerprint density at radius 1 is 0.808 bits per heavy atom. The number of nitrogens with one attached hydrogen (secondary N) is 2. The van der Waals surface area contributed by atoms with Gasteiger partial charge in [-0.25, -0.2) is 4.79 Å². The first-order valence-electron chi connectivity index (χ1n) is 8.17. The second-order valence-electron chi connectivity index (χ2n) is 6.24. The largest absolute Gasteiger partial charge is 0.322 e. The Kier molecular flexibility index (Phi) is 3.57. The summed E-state index contributed by atoms with van der Waals surface area (Å²) in [6, 6.07) is 14.8. The highest BCUT2D eigenvalue weighted by Crippen LogP contribution is 2.31. The van der Waals surface area contributed by atoms with E-state index in [1.807, 2.05) is 0 Å². The van der Waals surface area contributed by atoms with Crippen LogP contribution in [0.2, 0.25) is 0 Å². The Hall–Kier alpha value is -3.48. The van der Waals surface area contributed by atoms with Gasteiger partial charge in [-0.15, -0.1) is 0 Å². The van der Waals surface area contributed by atoms with Crippen molar-refractivity contribution in [2.45, 2.75) is 12.0 Å². The first-order valence-corrected chi connectivity index (χ1v) is 8.17. The molecule has 0 aromatic heterocycles. The lowest BCUT2D eigenvalue weighted by Gasteiger charge is -2.28. The van der Waals surface area contributed by atoms with Gasteiger partial charge in [0.05, 0.1) is 11.1 Å². The van der Waals surface area contributed by atoms with Crippen LogP contribution >= 0.6 is 0 Å². The maximum Gasteiger partial charge on any atom is 0.322 e. The number of imide groups is 2. The average molecular weight is 349 g/mol. The topological polar surface area (TPSA) is 95.6 Å². The number of urea groups is 1. The quantitative estimate of drug-likeness (QED) is 0.644. The van der Waals surface area contributed by atoms with Crippen molar-refractivity contribution in [1.29, 1.82) is 0 Å². The van der Waals surface area contributed by atoms with E-state index in [2.05, 4.69) is 10.6 Å². The standard InChI is InChI=1S/C19H15N3O4/c23-15-13-8-4-5-9-14(13)16(24)22(15)11-10-19(12-6-2-1-3-7-12)17(25)20-18(26)21-19/h1-9H,10-11H2,(H2,20,21,25,26). The molecule has 1 fully saturated rings. The highest BCUT2D eigenvalue weighted by atomic mass is 16.2. The minimum atomic E-state index is -1.31. The fraction of sp³-hybridized carbons (Fsp3) is 0.158. The number of fused-ring (bicyclic) bond motifs is 1. The molecule has 26 heavy (non-hydrogen) atoms. The summed E-state index contributed by atoms with van der Waals surface area (Å²) in [5.41, 5.74) is -0.00877. The normalized spacial score (nSPS) is 21.6. The monoisotopic (exact) mass is 349 g/mol. The van der Waals surface area contributed by atoms with E-state index in [1.54, 1.807) is 54.6 Å². The van der Waals surface area contributed by atoms with Gasteiger partial charge in [0.25, 0.3) is 17.7 Å². The molecule has 0 radical (unpaired) electrons. The van der Waals surface area contributed by atoms with Crippen LogP contribution in [0.25, 0.3) is 0 Å². The zero-order valence-electron chi connectivity index (χ0n) is 13.7. The molecule has 0 aliphatic carbocycles. The molecule has 0 saturated carbocycles. The fourth-order valence-electron chi connectivity index (χ4n) is 3.46. The van der Waals surface area contributed by atoms with Crippen molar-refractivity contribution in [1.82, 2.24) is 15.5 Å². The molecule has 0 bridgehead atoms. The minimum Gasteiger partial charge on any atom is -0.319 e. The maximum absolute atomic E-state index is 12.5. The number of hydrogen-bond acceptors (Lipinski definition) is 4. The molecule has 0 spiro atoms. The lowest BCUT2D eigenvalue weighted by atomic mass is 9.86. The van der Waals surface area contributed by atoms with Crippen molar-refractivity contribution in [2.24, 2.45) is 0 Å². The molecule has 7 heteroatoms. The molecule has 7 nitrogen and oxygen atoms in total. The van der Waals surface area contributed by atoms with Crippen LogP contribution in [0.5, 0.6) is 0 Å². The predicted molar refractivity (Wildman–Crippen MR) is 91.2 cm³/mol. The van der Waals surface area contributed by atoms with Gasteiger partial charge in [0.1, 0.15) is 5.54 Å². The van der Waals surface area contributed by atoms with Gasteiger partial charge < -0.3 is 5.32 Å². The fourth-order valence-corrected chi connectivity index (χ4v) is 3.46. The van der Waals surface area contributed by atoms with E-state index in [0.29, 0.717) is 16.7 Å². The second-order valence-corrected chi connectivity index (χ2v) is 6.24. The van der Waals surface area contributed by atoms with Crippen molar-refractivity contribution in [3.63, 3.8) is 0 Å². The molecule has 2 aliphatic rings. The Morgan fingerprint density at radius 3 is 1.92 bits per heavy atom. The summed E-state index contributed by atoms with van der Waals surface area (Å²) in [4.78, 5) is 50.4. The molecule has 2 aromatic carbocycles. The SMILES string of the molecule is O=C1NC(=O)C(CCN2C(=O)c3ccccc3C2=O)(c2ccccc2)N1. The van der Waals surface area contributed by atoms with E-state index in [-0.39, 0.29) is 13.0 Å². The smallest absolute Gasteiger partial charge is 0.319 e. The van der Waals surface area contributed by atoms with Gasteiger partial charge in [-0.1, -0.05) is 42.5 Å². The molecule has 130 valence electrons. The number of benzene rings is 2. The number of hydrogen-bond donors (Lipinski definition) is 2. The van der Waals surface area contributed by atoms with Crippen LogP contribution in [0.4, 0.5) is 4.79 Å². The number of rotatable bonds is 4. The van der Waals surface area contributed by atoms with Crippen molar-refractivity contribution in [2.75, 3.05) is 6.54 Å². The molecule has 2 aliphatic heterocycles. The molecule has 5 amide bonds. The molecule has 4 rings (SSSR count). The van der Waals surface area contributed by atoms with Crippen LogP contribution in [0.15, 0.2) is 54.6 Å². The van der Waals surface area contributed by atoms with Gasteiger partial charge in [0.15, 0.2) is 0 Å². The number of nitrogens with zero attached hydrogens (tertiary/aromatic N) is 1. The van der Waals surface area contributed by atoms with E-state index in [1.165, 1.54) is 0 Å². The Morgan fingerprint density at radius 2 is 1.38 bits per heavy atom. The van der Waals surface area contributed by atoms with Crippen molar-refractivity contribution >= 4 is 23.8 Å². The predicted octanol–water partition coefficient (Wildman–Crippen LogP) is 1.41. The molecule has 1 atom stereocenters. The third-order valence-electron chi connectivity index (χ3n) is 4.80. The summed E-state index contributed by atoms with van der Waals surface area (Å²) >= 11 is 0. The lowest BCUT2D eigenvalue weighted by Crippen LogP contribution is -2.47. The van der Waals surface area contributed by atoms with Gasteiger partial charge in [-0.3, -0.25) is 24.6 Å². The first-order chi connectivity index (χ1) is 12.5. The molecule has 2 N–H and O–H groups in total. The van der Waals surface area contributed by atoms with E-state index in [9.17, 15) is 19.2 Å². The second kappa shape index (κ2) is 5.80. The van der Waals surface area contributed by atoms with Crippen LogP contribution in [0.1, 0.15) is 32.7 Å². The summed E-state index contributed by atoms with van der Waals surface area (Å²) in [7, 11) is 0.